The first-order chi connectivity index (χ1) is 7.68. The van der Waals surface area contributed by atoms with Gasteiger partial charge in [-0.25, -0.2) is 0 Å². The van der Waals surface area contributed by atoms with Crippen molar-refractivity contribution in [3.63, 3.8) is 0 Å². The van der Waals surface area contributed by atoms with Crippen LogP contribution >= 0.6 is 0 Å². The van der Waals surface area contributed by atoms with Crippen molar-refractivity contribution in [1.29, 1.82) is 0 Å². The molecule has 0 aromatic heterocycles. The number of hydrogen-bond acceptors (Lipinski definition) is 3. The van der Waals surface area contributed by atoms with Gasteiger partial charge in [0.05, 0.1) is 0 Å². The molecular formula is C13H27N3. The van der Waals surface area contributed by atoms with Gasteiger partial charge in [0.2, 0.25) is 0 Å². The molecule has 0 aromatic rings. The van der Waals surface area contributed by atoms with Crippen molar-refractivity contribution in [2.24, 2.45) is 5.41 Å². The van der Waals surface area contributed by atoms with Gasteiger partial charge in [0, 0.05) is 12.6 Å². The highest BCUT2D eigenvalue weighted by Crippen LogP contribution is 2.29. The largest absolute Gasteiger partial charge is 0.317 e. The molecule has 0 spiro atoms. The second kappa shape index (κ2) is 5.48. The fourth-order valence-electron chi connectivity index (χ4n) is 2.75. The monoisotopic (exact) mass is 225 g/mol. The minimum absolute atomic E-state index is 0.539. The molecule has 2 aliphatic rings. The maximum absolute atomic E-state index is 3.79. The molecular weight excluding hydrogens is 198 g/mol. The van der Waals surface area contributed by atoms with Crippen LogP contribution in [0.1, 0.15) is 32.6 Å². The minimum atomic E-state index is 0.539. The smallest absolute Gasteiger partial charge is 0.00914 e. The van der Waals surface area contributed by atoms with Crippen molar-refractivity contribution in [3.8, 4) is 0 Å². The van der Waals surface area contributed by atoms with E-state index in [1.54, 1.807) is 0 Å². The van der Waals surface area contributed by atoms with Crippen LogP contribution in [0.25, 0.3) is 0 Å². The highest BCUT2D eigenvalue weighted by atomic mass is 15.1. The third-order valence-corrected chi connectivity index (χ3v) is 4.35. The molecule has 2 rings (SSSR count). The molecule has 3 nitrogen and oxygen atoms in total. The van der Waals surface area contributed by atoms with E-state index < -0.39 is 0 Å². The number of rotatable bonds is 3. The Morgan fingerprint density at radius 2 is 1.88 bits per heavy atom. The van der Waals surface area contributed by atoms with Crippen molar-refractivity contribution in [3.05, 3.63) is 0 Å². The van der Waals surface area contributed by atoms with Crippen molar-refractivity contribution >= 4 is 0 Å². The van der Waals surface area contributed by atoms with Gasteiger partial charge < -0.3 is 15.5 Å². The summed E-state index contributed by atoms with van der Waals surface area (Å²) in [4.78, 5) is 2.45. The third-order valence-electron chi connectivity index (χ3n) is 4.35. The summed E-state index contributed by atoms with van der Waals surface area (Å²) in [6, 6.07) is 0.762. The van der Waals surface area contributed by atoms with Crippen LogP contribution in [-0.4, -0.2) is 50.7 Å². The lowest BCUT2D eigenvalue weighted by molar-refractivity contribution is 0.131. The van der Waals surface area contributed by atoms with E-state index in [1.807, 2.05) is 0 Å². The molecule has 0 amide bonds. The second-order valence-electron chi connectivity index (χ2n) is 6.02. The van der Waals surface area contributed by atoms with Gasteiger partial charge in [-0.3, -0.25) is 0 Å². The average Bonchev–Trinajstić information content (AvgIpc) is 2.33. The molecule has 2 aliphatic heterocycles. The van der Waals surface area contributed by atoms with E-state index in [1.165, 1.54) is 58.4 Å². The molecule has 3 heteroatoms. The van der Waals surface area contributed by atoms with E-state index in [2.05, 4.69) is 29.5 Å². The lowest BCUT2D eigenvalue weighted by atomic mass is 9.80. The Labute approximate surface area is 100.0 Å². The lowest BCUT2D eigenvalue weighted by Crippen LogP contribution is -2.47. The first-order valence-electron chi connectivity index (χ1n) is 6.81. The molecule has 2 saturated heterocycles. The fraction of sp³-hybridized carbons (Fsp3) is 1.00. The van der Waals surface area contributed by atoms with E-state index in [0.29, 0.717) is 5.41 Å². The summed E-state index contributed by atoms with van der Waals surface area (Å²) < 4.78 is 0. The van der Waals surface area contributed by atoms with Gasteiger partial charge in [0.1, 0.15) is 0 Å². The molecule has 94 valence electrons. The number of likely N-dealkylation sites (tertiary alicyclic amines) is 1. The molecule has 2 heterocycles. The third kappa shape index (κ3) is 3.44. The van der Waals surface area contributed by atoms with Crippen LogP contribution in [0.2, 0.25) is 0 Å². The van der Waals surface area contributed by atoms with Gasteiger partial charge in [-0.2, -0.15) is 0 Å². The summed E-state index contributed by atoms with van der Waals surface area (Å²) in [5.41, 5.74) is 0.539. The molecule has 0 radical (unpaired) electrons. The summed E-state index contributed by atoms with van der Waals surface area (Å²) in [6.07, 6.45) is 5.30. The van der Waals surface area contributed by atoms with Crippen molar-refractivity contribution < 1.29 is 0 Å². The predicted octanol–water partition coefficient (Wildman–Crippen LogP) is 1.06. The Kier molecular flexibility index (Phi) is 4.22. The fourth-order valence-corrected chi connectivity index (χ4v) is 2.75. The molecule has 16 heavy (non-hydrogen) atoms. The molecule has 2 N–H and O–H groups in total. The average molecular weight is 225 g/mol. The van der Waals surface area contributed by atoms with Crippen LogP contribution in [-0.2, 0) is 0 Å². The van der Waals surface area contributed by atoms with E-state index in [9.17, 15) is 0 Å². The highest BCUT2D eigenvalue weighted by molar-refractivity contribution is 4.85. The number of nitrogens with zero attached hydrogens (tertiary/aromatic N) is 1. The first-order valence-corrected chi connectivity index (χ1v) is 6.81. The molecule has 0 aliphatic carbocycles. The van der Waals surface area contributed by atoms with E-state index >= 15 is 0 Å². The number of hydrogen-bond donors (Lipinski definition) is 2. The Morgan fingerprint density at radius 1 is 1.25 bits per heavy atom. The molecule has 0 bridgehead atoms. The SMILES string of the molecule is CN1CCC(C)(CNC2CCNCC2)CC1. The van der Waals surface area contributed by atoms with Crippen molar-refractivity contribution in [2.45, 2.75) is 38.6 Å². The van der Waals surface area contributed by atoms with Gasteiger partial charge in [0.15, 0.2) is 0 Å². The van der Waals surface area contributed by atoms with Gasteiger partial charge in [-0.05, 0) is 64.3 Å². The zero-order valence-electron chi connectivity index (χ0n) is 10.9. The first kappa shape index (κ1) is 12.3. The van der Waals surface area contributed by atoms with Gasteiger partial charge in [-0.1, -0.05) is 6.92 Å². The van der Waals surface area contributed by atoms with Crippen LogP contribution in [0.4, 0.5) is 0 Å². The molecule has 0 atom stereocenters. The van der Waals surface area contributed by atoms with Crippen LogP contribution < -0.4 is 10.6 Å². The normalized spacial score (nSPS) is 28.1. The van der Waals surface area contributed by atoms with Gasteiger partial charge in [-0.15, -0.1) is 0 Å². The molecule has 0 saturated carbocycles. The highest BCUT2D eigenvalue weighted by Gasteiger charge is 2.29. The number of nitrogens with one attached hydrogen (secondary N) is 2. The number of piperidine rings is 2. The zero-order chi connectivity index (χ0) is 11.4. The minimum Gasteiger partial charge on any atom is -0.317 e. The molecule has 0 aromatic carbocycles. The Morgan fingerprint density at radius 3 is 2.50 bits per heavy atom. The predicted molar refractivity (Wildman–Crippen MR) is 68.7 cm³/mol. The summed E-state index contributed by atoms with van der Waals surface area (Å²) in [5.74, 6) is 0. The Balaban J connectivity index is 1.71. The van der Waals surface area contributed by atoms with Gasteiger partial charge in [0.25, 0.3) is 0 Å². The van der Waals surface area contributed by atoms with E-state index in [-0.39, 0.29) is 0 Å². The van der Waals surface area contributed by atoms with E-state index in [4.69, 9.17) is 0 Å². The Bertz CT molecular complexity index is 203. The maximum atomic E-state index is 3.79. The summed E-state index contributed by atoms with van der Waals surface area (Å²) in [7, 11) is 2.24. The summed E-state index contributed by atoms with van der Waals surface area (Å²) in [5, 5.41) is 7.21. The Hall–Kier alpha value is -0.120. The van der Waals surface area contributed by atoms with Gasteiger partial charge >= 0.3 is 0 Å². The molecule has 2 fully saturated rings. The standard InChI is InChI=1S/C13H27N3/c1-13(5-9-16(2)10-6-13)11-15-12-3-7-14-8-4-12/h12,14-15H,3-11H2,1-2H3. The van der Waals surface area contributed by atoms with Crippen LogP contribution in [0.15, 0.2) is 0 Å². The molecule has 0 unspecified atom stereocenters. The quantitative estimate of drug-likeness (QED) is 0.752. The van der Waals surface area contributed by atoms with Crippen molar-refractivity contribution in [1.82, 2.24) is 15.5 Å². The van der Waals surface area contributed by atoms with E-state index in [0.717, 1.165) is 6.04 Å². The maximum Gasteiger partial charge on any atom is 0.00914 e. The summed E-state index contributed by atoms with van der Waals surface area (Å²) in [6.45, 7) is 8.59. The van der Waals surface area contributed by atoms with Crippen LogP contribution in [0.3, 0.4) is 0 Å². The summed E-state index contributed by atoms with van der Waals surface area (Å²) >= 11 is 0. The van der Waals surface area contributed by atoms with Crippen LogP contribution in [0.5, 0.6) is 0 Å². The van der Waals surface area contributed by atoms with Crippen molar-refractivity contribution in [2.75, 3.05) is 39.8 Å². The topological polar surface area (TPSA) is 27.3 Å². The lowest BCUT2D eigenvalue weighted by Gasteiger charge is -2.39. The second-order valence-corrected chi connectivity index (χ2v) is 6.02. The zero-order valence-corrected chi connectivity index (χ0v) is 10.9. The van der Waals surface area contributed by atoms with Crippen LogP contribution in [0, 0.1) is 5.41 Å².